The molecule has 0 heterocycles. The third-order valence-corrected chi connectivity index (χ3v) is 1.28. The predicted octanol–water partition coefficient (Wildman–Crippen LogP) is -8.18. The van der Waals surface area contributed by atoms with Crippen molar-refractivity contribution in [2.24, 2.45) is 5.73 Å². The van der Waals surface area contributed by atoms with Crippen molar-refractivity contribution in [2.45, 2.75) is 6.42 Å². The van der Waals surface area contributed by atoms with E-state index in [0.29, 0.717) is 0 Å². The summed E-state index contributed by atoms with van der Waals surface area (Å²) in [4.78, 5) is 0. The second-order valence-corrected chi connectivity index (χ2v) is 2.02. The van der Waals surface area contributed by atoms with Crippen molar-refractivity contribution >= 4 is 8.41 Å². The number of hydrogen-bond acceptors (Lipinski definition) is 1. The Kier molecular flexibility index (Phi) is 23.8. The number of nitrogens with two attached hydrogens (primary N) is 1. The van der Waals surface area contributed by atoms with E-state index in [9.17, 15) is 0 Å². The van der Waals surface area contributed by atoms with Gasteiger partial charge in [-0.25, -0.2) is 0 Å². The Morgan fingerprint density at radius 1 is 0.923 bits per heavy atom. The van der Waals surface area contributed by atoms with Gasteiger partial charge in [-0.3, -0.25) is 0 Å². The first kappa shape index (κ1) is 22.7. The van der Waals surface area contributed by atoms with E-state index in [1.165, 1.54) is 5.56 Å². The Morgan fingerprint density at radius 3 is 1.77 bits per heavy atom. The molecule has 0 aromatic heterocycles. The minimum Gasteiger partial charge on any atom is -1.00 e. The zero-order chi connectivity index (χ0) is 6.53. The number of halogens is 3. The van der Waals surface area contributed by atoms with Crippen molar-refractivity contribution < 1.29 is 14.1 Å². The third kappa shape index (κ3) is 8.95. The van der Waals surface area contributed by atoms with E-state index in [-0.39, 0.29) is 22.5 Å². The van der Waals surface area contributed by atoms with E-state index in [0.717, 1.165) is 13.0 Å². The maximum atomic E-state index is 5.36. The molecule has 0 aliphatic heterocycles. The Hall–Kier alpha value is -0.965. The average Bonchev–Trinajstić information content (AvgIpc) is 1.91. The molecule has 1 aromatic carbocycles. The summed E-state index contributed by atoms with van der Waals surface area (Å²) in [6.07, 6.45) is 0.987. The van der Waals surface area contributed by atoms with Gasteiger partial charge in [0.15, 0.2) is 0 Å². The van der Waals surface area contributed by atoms with Crippen LogP contribution < -0.4 is 19.8 Å². The van der Waals surface area contributed by atoms with Gasteiger partial charge in [-0.05, 0) is 18.5 Å². The fourth-order valence-electron chi connectivity index (χ4n) is 0.811. The summed E-state index contributed by atoms with van der Waals surface area (Å²) in [6, 6.07) is 10.3. The van der Waals surface area contributed by atoms with Crippen molar-refractivity contribution in [1.29, 1.82) is 0 Å². The molecule has 0 saturated carbocycles. The topological polar surface area (TPSA) is 26.0 Å². The van der Waals surface area contributed by atoms with Crippen LogP contribution in [0.25, 0.3) is 0 Å². The van der Waals surface area contributed by atoms with Crippen LogP contribution in [0.15, 0.2) is 30.3 Å². The molecule has 0 bridgehead atoms. The number of rotatable bonds is 2. The van der Waals surface area contributed by atoms with E-state index in [2.05, 4.69) is 12.1 Å². The average molecular weight is 189 g/mol. The number of hydrogen-bond donors (Lipinski definition) is 1. The Morgan fingerprint density at radius 2 is 1.38 bits per heavy atom. The molecule has 2 N–H and O–H groups in total. The van der Waals surface area contributed by atoms with E-state index in [4.69, 9.17) is 5.73 Å². The van der Waals surface area contributed by atoms with E-state index in [1.807, 2.05) is 18.2 Å². The molecule has 0 aliphatic rings. The summed E-state index contributed by atoms with van der Waals surface area (Å²) in [7, 11) is 0. The second-order valence-electron chi connectivity index (χ2n) is 2.02. The van der Waals surface area contributed by atoms with Gasteiger partial charge in [0.05, 0.1) is 0 Å². The molecule has 0 spiro atoms. The monoisotopic (exact) mass is 189 g/mol. The van der Waals surface area contributed by atoms with Crippen LogP contribution in [0.5, 0.6) is 0 Å². The first-order valence-electron chi connectivity index (χ1n) is 3.17. The molecule has 5 heteroatoms. The Bertz CT molecular complexity index is 172. The standard InChI is InChI=1S/C8H11N.B.3FH/c9-7-6-8-4-2-1-3-5-8;;;;/h1-5H,6-7,9H2;;3*1H/q;+3;;;/p-3. The normalized spacial score (nSPS) is 6.54. The van der Waals surface area contributed by atoms with Gasteiger partial charge in [0.2, 0.25) is 0 Å². The zero-order valence-corrected chi connectivity index (χ0v) is 7.09. The first-order valence-corrected chi connectivity index (χ1v) is 3.17. The van der Waals surface area contributed by atoms with Crippen molar-refractivity contribution in [3.05, 3.63) is 35.9 Å². The van der Waals surface area contributed by atoms with Gasteiger partial charge >= 0.3 is 8.41 Å². The minimum absolute atomic E-state index is 0. The third-order valence-electron chi connectivity index (χ3n) is 1.28. The van der Waals surface area contributed by atoms with Gasteiger partial charge in [0, 0.05) is 0 Å². The maximum absolute atomic E-state index is 5.36. The van der Waals surface area contributed by atoms with Crippen LogP contribution in [-0.4, -0.2) is 15.0 Å². The van der Waals surface area contributed by atoms with Crippen LogP contribution in [0.3, 0.4) is 0 Å². The summed E-state index contributed by atoms with van der Waals surface area (Å²) in [5.41, 5.74) is 6.68. The molecule has 1 rings (SSSR count). The molecule has 0 atom stereocenters. The molecule has 1 aromatic rings. The van der Waals surface area contributed by atoms with Gasteiger partial charge in [-0.2, -0.15) is 0 Å². The molecule has 0 aliphatic carbocycles. The Balaban J connectivity index is -0.000000101. The van der Waals surface area contributed by atoms with Crippen LogP contribution >= 0.6 is 0 Å². The van der Waals surface area contributed by atoms with E-state index in [1.54, 1.807) is 0 Å². The quantitative estimate of drug-likeness (QED) is 0.459. The van der Waals surface area contributed by atoms with Crippen LogP contribution in [0.1, 0.15) is 5.56 Å². The van der Waals surface area contributed by atoms with Gasteiger partial charge < -0.3 is 19.8 Å². The summed E-state index contributed by atoms with van der Waals surface area (Å²) < 4.78 is 0. The molecule has 13 heavy (non-hydrogen) atoms. The summed E-state index contributed by atoms with van der Waals surface area (Å²) in [5, 5.41) is 0. The van der Waals surface area contributed by atoms with Crippen molar-refractivity contribution in [1.82, 2.24) is 0 Å². The van der Waals surface area contributed by atoms with Crippen molar-refractivity contribution in [3.63, 3.8) is 0 Å². The molecule has 72 valence electrons. The van der Waals surface area contributed by atoms with Crippen molar-refractivity contribution in [2.75, 3.05) is 6.54 Å². The van der Waals surface area contributed by atoms with Crippen LogP contribution in [0.2, 0.25) is 0 Å². The fraction of sp³-hybridized carbons (Fsp3) is 0.250. The van der Waals surface area contributed by atoms with E-state index >= 15 is 0 Å². The molecule has 1 nitrogen and oxygen atoms in total. The smallest absolute Gasteiger partial charge is 1.00 e. The first-order chi connectivity index (χ1) is 4.43. The van der Waals surface area contributed by atoms with Crippen molar-refractivity contribution in [3.8, 4) is 0 Å². The van der Waals surface area contributed by atoms with Gasteiger partial charge in [0.25, 0.3) is 0 Å². The van der Waals surface area contributed by atoms with Gasteiger partial charge in [-0.15, -0.1) is 0 Å². The summed E-state index contributed by atoms with van der Waals surface area (Å²) in [5.74, 6) is 0. The molecule has 0 saturated heterocycles. The predicted molar refractivity (Wildman–Crippen MR) is 45.0 cm³/mol. The SMILES string of the molecule is NCCc1ccccc1.[B+3].[F-].[F-].[F-]. The molecular weight excluding hydrogens is 178 g/mol. The summed E-state index contributed by atoms with van der Waals surface area (Å²) >= 11 is 0. The molecular formula is C8H11BF3N. The summed E-state index contributed by atoms with van der Waals surface area (Å²) in [6.45, 7) is 0.740. The largest absolute Gasteiger partial charge is 3.00 e. The van der Waals surface area contributed by atoms with Crippen LogP contribution in [-0.2, 0) is 6.42 Å². The Labute approximate surface area is 78.0 Å². The molecule has 0 unspecified atom stereocenters. The molecule has 0 radical (unpaired) electrons. The number of benzene rings is 1. The van der Waals surface area contributed by atoms with Crippen LogP contribution in [0.4, 0.5) is 0 Å². The van der Waals surface area contributed by atoms with E-state index < -0.39 is 0 Å². The maximum Gasteiger partial charge on any atom is 3.00 e. The van der Waals surface area contributed by atoms with Gasteiger partial charge in [-0.1, -0.05) is 30.3 Å². The minimum atomic E-state index is 0. The molecule has 0 fully saturated rings. The fourth-order valence-corrected chi connectivity index (χ4v) is 0.811. The van der Waals surface area contributed by atoms with Gasteiger partial charge in [0.1, 0.15) is 0 Å². The second kappa shape index (κ2) is 13.6. The zero-order valence-electron chi connectivity index (χ0n) is 7.09. The molecule has 0 amide bonds. The van der Waals surface area contributed by atoms with Crippen LogP contribution in [0, 0.1) is 0 Å².